The van der Waals surface area contributed by atoms with E-state index in [-0.39, 0.29) is 24.0 Å². The van der Waals surface area contributed by atoms with Gasteiger partial charge < -0.3 is 4.90 Å². The molecule has 3 fully saturated rings. The second kappa shape index (κ2) is 3.62. The Morgan fingerprint density at radius 3 is 2.57 bits per heavy atom. The van der Waals surface area contributed by atoms with E-state index in [0.29, 0.717) is 5.54 Å². The molecule has 2 heteroatoms. The zero-order chi connectivity index (χ0) is 9.05. The summed E-state index contributed by atoms with van der Waals surface area (Å²) in [6.45, 7) is 0. The first kappa shape index (κ1) is 11.2. The standard InChI is InChI=1S/C12H21N.HI/c1-13(2)12-7-3-4-11(12)9-5-6-10(12)8-9;/h9-11H,3-8H2,1-2H3;1H/t9-,10+,11+,12+;/m0./s1. The monoisotopic (exact) mass is 307 g/mol. The molecule has 2 bridgehead atoms. The zero-order valence-corrected chi connectivity index (χ0v) is 11.7. The maximum Gasteiger partial charge on any atom is 0.0262 e. The lowest BCUT2D eigenvalue weighted by atomic mass is 9.74. The number of nitrogens with zero attached hydrogens (tertiary/aromatic N) is 1. The molecule has 0 spiro atoms. The summed E-state index contributed by atoms with van der Waals surface area (Å²) in [4.78, 5) is 2.58. The van der Waals surface area contributed by atoms with Crippen LogP contribution in [0.1, 0.15) is 38.5 Å². The molecule has 82 valence electrons. The molecular formula is C12H22IN. The molecule has 0 amide bonds. The summed E-state index contributed by atoms with van der Waals surface area (Å²) >= 11 is 0. The molecule has 0 aliphatic heterocycles. The number of halogens is 1. The van der Waals surface area contributed by atoms with Crippen molar-refractivity contribution in [1.82, 2.24) is 4.90 Å². The summed E-state index contributed by atoms with van der Waals surface area (Å²) in [5, 5.41) is 0. The second-order valence-electron chi connectivity index (χ2n) is 5.65. The molecule has 3 saturated carbocycles. The van der Waals surface area contributed by atoms with Crippen molar-refractivity contribution in [3.05, 3.63) is 0 Å². The zero-order valence-electron chi connectivity index (χ0n) is 9.33. The summed E-state index contributed by atoms with van der Waals surface area (Å²) in [6.07, 6.45) is 9.15. The van der Waals surface area contributed by atoms with Crippen LogP contribution in [0.2, 0.25) is 0 Å². The van der Waals surface area contributed by atoms with Gasteiger partial charge in [-0.05, 0) is 64.0 Å². The van der Waals surface area contributed by atoms with Crippen molar-refractivity contribution in [2.45, 2.75) is 44.1 Å². The van der Waals surface area contributed by atoms with Crippen LogP contribution in [0.5, 0.6) is 0 Å². The SMILES string of the molecule is CN(C)[C@@]12CCC[C@@H]1[C@H]1CC[C@@H]2C1.I. The smallest absolute Gasteiger partial charge is 0.0262 e. The van der Waals surface area contributed by atoms with Crippen LogP contribution in [0.25, 0.3) is 0 Å². The van der Waals surface area contributed by atoms with Gasteiger partial charge in [0.15, 0.2) is 0 Å². The summed E-state index contributed by atoms with van der Waals surface area (Å²) in [5.74, 6) is 3.23. The minimum atomic E-state index is 0. The van der Waals surface area contributed by atoms with E-state index >= 15 is 0 Å². The lowest BCUT2D eigenvalue weighted by Gasteiger charge is -2.45. The fourth-order valence-electron chi connectivity index (χ4n) is 4.95. The minimum absolute atomic E-state index is 0. The third kappa shape index (κ3) is 1.16. The first-order chi connectivity index (χ1) is 6.25. The van der Waals surface area contributed by atoms with Crippen LogP contribution in [0.4, 0.5) is 0 Å². The quantitative estimate of drug-likeness (QED) is 0.673. The highest BCUT2D eigenvalue weighted by molar-refractivity contribution is 14.0. The van der Waals surface area contributed by atoms with Gasteiger partial charge in [0.05, 0.1) is 0 Å². The van der Waals surface area contributed by atoms with Gasteiger partial charge in [0, 0.05) is 5.54 Å². The van der Waals surface area contributed by atoms with E-state index in [2.05, 4.69) is 19.0 Å². The Balaban J connectivity index is 0.000000750. The normalized spacial score (nSPS) is 49.5. The molecule has 0 radical (unpaired) electrons. The number of hydrogen-bond acceptors (Lipinski definition) is 1. The van der Waals surface area contributed by atoms with Crippen molar-refractivity contribution in [2.24, 2.45) is 17.8 Å². The lowest BCUT2D eigenvalue weighted by molar-refractivity contribution is 0.0487. The first-order valence-corrected chi connectivity index (χ1v) is 5.92. The summed E-state index contributed by atoms with van der Waals surface area (Å²) < 4.78 is 0. The maximum absolute atomic E-state index is 2.58. The van der Waals surface area contributed by atoms with Crippen LogP contribution in [0.3, 0.4) is 0 Å². The molecule has 0 saturated heterocycles. The van der Waals surface area contributed by atoms with Gasteiger partial charge in [-0.1, -0.05) is 6.42 Å². The molecule has 0 N–H and O–H groups in total. The van der Waals surface area contributed by atoms with Crippen molar-refractivity contribution < 1.29 is 0 Å². The van der Waals surface area contributed by atoms with Crippen molar-refractivity contribution in [2.75, 3.05) is 14.1 Å². The van der Waals surface area contributed by atoms with Crippen LogP contribution in [-0.4, -0.2) is 24.5 Å². The molecule has 4 atom stereocenters. The molecule has 0 aromatic heterocycles. The predicted molar refractivity (Wildman–Crippen MR) is 70.0 cm³/mol. The van der Waals surface area contributed by atoms with E-state index in [1.807, 2.05) is 0 Å². The predicted octanol–water partition coefficient (Wildman–Crippen LogP) is 3.13. The van der Waals surface area contributed by atoms with E-state index in [9.17, 15) is 0 Å². The average Bonchev–Trinajstić information content (AvgIpc) is 2.76. The van der Waals surface area contributed by atoms with Gasteiger partial charge >= 0.3 is 0 Å². The highest BCUT2D eigenvalue weighted by Gasteiger charge is 2.60. The molecular weight excluding hydrogens is 285 g/mol. The Kier molecular flexibility index (Phi) is 2.89. The maximum atomic E-state index is 2.58. The number of rotatable bonds is 1. The Morgan fingerprint density at radius 1 is 1.14 bits per heavy atom. The molecule has 3 aliphatic carbocycles. The first-order valence-electron chi connectivity index (χ1n) is 5.92. The number of hydrogen-bond donors (Lipinski definition) is 0. The highest BCUT2D eigenvalue weighted by atomic mass is 127. The molecule has 0 aromatic rings. The van der Waals surface area contributed by atoms with E-state index < -0.39 is 0 Å². The largest absolute Gasteiger partial charge is 0.303 e. The third-order valence-corrected chi connectivity index (χ3v) is 5.32. The van der Waals surface area contributed by atoms with E-state index in [4.69, 9.17) is 0 Å². The van der Waals surface area contributed by atoms with Crippen LogP contribution >= 0.6 is 24.0 Å². The Bertz CT molecular complexity index is 228. The summed E-state index contributed by atoms with van der Waals surface area (Å²) in [6, 6.07) is 0. The summed E-state index contributed by atoms with van der Waals surface area (Å²) in [5.41, 5.74) is 0.656. The molecule has 3 rings (SSSR count). The molecule has 14 heavy (non-hydrogen) atoms. The van der Waals surface area contributed by atoms with E-state index in [0.717, 1.165) is 17.8 Å². The highest BCUT2D eigenvalue weighted by Crippen LogP contribution is 2.62. The minimum Gasteiger partial charge on any atom is -0.303 e. The van der Waals surface area contributed by atoms with Crippen molar-refractivity contribution in [3.63, 3.8) is 0 Å². The van der Waals surface area contributed by atoms with Crippen molar-refractivity contribution in [1.29, 1.82) is 0 Å². The fraction of sp³-hybridized carbons (Fsp3) is 1.00. The van der Waals surface area contributed by atoms with Gasteiger partial charge in [-0.2, -0.15) is 0 Å². The number of fused-ring (bicyclic) bond motifs is 5. The fourth-order valence-corrected chi connectivity index (χ4v) is 4.95. The topological polar surface area (TPSA) is 3.24 Å². The molecule has 1 nitrogen and oxygen atoms in total. The third-order valence-electron chi connectivity index (χ3n) is 5.32. The Hall–Kier alpha value is 0.690. The van der Waals surface area contributed by atoms with Gasteiger partial charge in [-0.3, -0.25) is 0 Å². The Labute approximate surface area is 105 Å². The van der Waals surface area contributed by atoms with Crippen LogP contribution in [0.15, 0.2) is 0 Å². The van der Waals surface area contributed by atoms with Gasteiger partial charge in [0.2, 0.25) is 0 Å². The van der Waals surface area contributed by atoms with Gasteiger partial charge in [-0.15, -0.1) is 24.0 Å². The van der Waals surface area contributed by atoms with Crippen LogP contribution in [0, 0.1) is 17.8 Å². The molecule has 0 unspecified atom stereocenters. The molecule has 3 aliphatic rings. The van der Waals surface area contributed by atoms with Crippen LogP contribution < -0.4 is 0 Å². The van der Waals surface area contributed by atoms with Crippen LogP contribution in [-0.2, 0) is 0 Å². The molecule has 0 heterocycles. The van der Waals surface area contributed by atoms with Crippen molar-refractivity contribution in [3.8, 4) is 0 Å². The average molecular weight is 307 g/mol. The summed E-state index contributed by atoms with van der Waals surface area (Å²) in [7, 11) is 4.64. The second-order valence-corrected chi connectivity index (χ2v) is 5.65. The lowest BCUT2D eigenvalue weighted by Crippen LogP contribution is -2.51. The molecule has 0 aromatic carbocycles. The van der Waals surface area contributed by atoms with Gasteiger partial charge in [0.25, 0.3) is 0 Å². The van der Waals surface area contributed by atoms with Gasteiger partial charge in [0.1, 0.15) is 0 Å². The van der Waals surface area contributed by atoms with Gasteiger partial charge in [-0.25, -0.2) is 0 Å². The Morgan fingerprint density at radius 2 is 1.93 bits per heavy atom. The van der Waals surface area contributed by atoms with E-state index in [1.165, 1.54) is 25.7 Å². The van der Waals surface area contributed by atoms with Crippen molar-refractivity contribution >= 4 is 24.0 Å². The van der Waals surface area contributed by atoms with E-state index in [1.54, 1.807) is 12.8 Å².